The van der Waals surface area contributed by atoms with E-state index in [4.69, 9.17) is 11.6 Å². The fraction of sp³-hybridized carbons (Fsp3) is 0.846. The Morgan fingerprint density at radius 3 is 1.78 bits per heavy atom. The molecule has 0 rings (SSSR count). The summed E-state index contributed by atoms with van der Waals surface area (Å²) in [5.41, 5.74) is 0. The highest BCUT2D eigenvalue weighted by Crippen LogP contribution is 2.06. The van der Waals surface area contributed by atoms with Gasteiger partial charge in [-0.05, 0) is 19.3 Å². The third kappa shape index (κ3) is 7.54. The van der Waals surface area contributed by atoms with E-state index in [-0.39, 0.29) is 11.8 Å². The van der Waals surface area contributed by atoms with Gasteiger partial charge in [-0.25, -0.2) is 0 Å². The second-order valence-corrected chi connectivity index (χ2v) is 4.70. The molecule has 0 radical (unpaired) electrons. The van der Waals surface area contributed by atoms with Crippen LogP contribution in [0.1, 0.15) is 46.0 Å². The molecule has 2 amide bonds. The summed E-state index contributed by atoms with van der Waals surface area (Å²) in [4.78, 5) is 23.7. The second-order valence-electron chi connectivity index (χ2n) is 4.32. The normalized spacial score (nSPS) is 10.4. The van der Waals surface area contributed by atoms with E-state index in [9.17, 15) is 9.59 Å². The van der Waals surface area contributed by atoms with Crippen molar-refractivity contribution in [1.29, 1.82) is 0 Å². The molecule has 0 spiro atoms. The molecule has 0 aliphatic carbocycles. The Labute approximate surface area is 115 Å². The van der Waals surface area contributed by atoms with Gasteiger partial charge in [0.05, 0.1) is 0 Å². The summed E-state index contributed by atoms with van der Waals surface area (Å²) in [6, 6.07) is 0. The molecule has 0 aliphatic heterocycles. The zero-order valence-electron chi connectivity index (χ0n) is 11.4. The Bertz CT molecular complexity index is 225. The van der Waals surface area contributed by atoms with Crippen LogP contribution in [0.25, 0.3) is 0 Å². The van der Waals surface area contributed by atoms with Crippen molar-refractivity contribution in [3.8, 4) is 0 Å². The molecule has 0 unspecified atom stereocenters. The number of carbonyl (C=O) groups excluding carboxylic acids is 2. The van der Waals surface area contributed by atoms with Crippen LogP contribution in [-0.2, 0) is 9.59 Å². The van der Waals surface area contributed by atoms with Crippen molar-refractivity contribution >= 4 is 23.4 Å². The van der Waals surface area contributed by atoms with Crippen molar-refractivity contribution in [2.45, 2.75) is 46.0 Å². The summed E-state index contributed by atoms with van der Waals surface area (Å²) in [5.74, 6) is -0.764. The Morgan fingerprint density at radius 1 is 1.00 bits per heavy atom. The van der Waals surface area contributed by atoms with Gasteiger partial charge in [-0.2, -0.15) is 0 Å². The third-order valence-electron chi connectivity index (χ3n) is 2.69. The van der Waals surface area contributed by atoms with Crippen LogP contribution in [0.15, 0.2) is 0 Å². The van der Waals surface area contributed by atoms with E-state index < -0.39 is 5.92 Å². The van der Waals surface area contributed by atoms with Gasteiger partial charge < -0.3 is 10.6 Å². The lowest BCUT2D eigenvalue weighted by atomic mass is 10.0. The van der Waals surface area contributed by atoms with Gasteiger partial charge in [0.15, 0.2) is 0 Å². The maximum atomic E-state index is 11.9. The van der Waals surface area contributed by atoms with E-state index >= 15 is 0 Å². The van der Waals surface area contributed by atoms with Crippen molar-refractivity contribution in [3.05, 3.63) is 0 Å². The number of alkyl halides is 1. The minimum atomic E-state index is -0.656. The lowest BCUT2D eigenvalue weighted by Crippen LogP contribution is -2.42. The van der Waals surface area contributed by atoms with Gasteiger partial charge in [-0.3, -0.25) is 9.59 Å². The van der Waals surface area contributed by atoms with Crippen LogP contribution in [0.4, 0.5) is 0 Å². The maximum Gasteiger partial charge on any atom is 0.232 e. The van der Waals surface area contributed by atoms with E-state index in [1.165, 1.54) is 0 Å². The number of nitrogens with one attached hydrogen (secondary N) is 2. The van der Waals surface area contributed by atoms with Crippen molar-refractivity contribution in [2.75, 3.05) is 19.0 Å². The molecule has 0 aromatic heterocycles. The van der Waals surface area contributed by atoms with Crippen LogP contribution in [0.3, 0.4) is 0 Å². The van der Waals surface area contributed by atoms with Crippen LogP contribution in [-0.4, -0.2) is 30.8 Å². The molecule has 0 saturated heterocycles. The molecule has 0 bridgehead atoms. The molecule has 0 atom stereocenters. The van der Waals surface area contributed by atoms with Gasteiger partial charge in [-0.1, -0.05) is 26.7 Å². The number of hydrogen-bond acceptors (Lipinski definition) is 2. The van der Waals surface area contributed by atoms with E-state index in [0.29, 0.717) is 25.4 Å². The summed E-state index contributed by atoms with van der Waals surface area (Å²) >= 11 is 5.65. The Hall–Kier alpha value is -0.770. The van der Waals surface area contributed by atoms with Crippen molar-refractivity contribution < 1.29 is 9.59 Å². The van der Waals surface area contributed by atoms with E-state index in [1.54, 1.807) is 0 Å². The molecule has 0 saturated carbocycles. The van der Waals surface area contributed by atoms with Crippen LogP contribution >= 0.6 is 11.6 Å². The lowest BCUT2D eigenvalue weighted by Gasteiger charge is -2.15. The van der Waals surface area contributed by atoms with Crippen LogP contribution in [0, 0.1) is 5.92 Å². The van der Waals surface area contributed by atoms with Crippen molar-refractivity contribution in [1.82, 2.24) is 10.6 Å². The first-order valence-corrected chi connectivity index (χ1v) is 7.32. The maximum absolute atomic E-state index is 11.9. The Kier molecular flexibility index (Phi) is 10.8. The standard InChI is InChI=1S/C13H25ClN2O2/c1-3-5-9-15-12(17)11(7-8-14)13(18)16-10-6-4-2/h11H,3-10H2,1-2H3,(H,15,17)(H,16,18). The zero-order valence-corrected chi connectivity index (χ0v) is 12.2. The van der Waals surface area contributed by atoms with Gasteiger partial charge in [-0.15, -0.1) is 11.6 Å². The van der Waals surface area contributed by atoms with E-state index in [0.717, 1.165) is 25.7 Å². The highest BCUT2D eigenvalue weighted by atomic mass is 35.5. The number of rotatable bonds is 10. The minimum absolute atomic E-state index is 0.210. The molecule has 4 nitrogen and oxygen atoms in total. The van der Waals surface area contributed by atoms with Crippen LogP contribution in [0.5, 0.6) is 0 Å². The summed E-state index contributed by atoms with van der Waals surface area (Å²) in [6.45, 7) is 5.35. The Morgan fingerprint density at radius 2 is 1.44 bits per heavy atom. The predicted octanol–water partition coefficient (Wildman–Crippen LogP) is 2.06. The molecule has 0 aromatic rings. The van der Waals surface area contributed by atoms with Crippen molar-refractivity contribution in [3.63, 3.8) is 0 Å². The monoisotopic (exact) mass is 276 g/mol. The highest BCUT2D eigenvalue weighted by Gasteiger charge is 2.25. The first kappa shape index (κ1) is 17.2. The molecular weight excluding hydrogens is 252 g/mol. The molecule has 18 heavy (non-hydrogen) atoms. The highest BCUT2D eigenvalue weighted by molar-refractivity contribution is 6.18. The first-order chi connectivity index (χ1) is 8.67. The van der Waals surface area contributed by atoms with Gasteiger partial charge in [0.2, 0.25) is 11.8 Å². The molecule has 5 heteroatoms. The second kappa shape index (κ2) is 11.3. The molecule has 0 aliphatic rings. The van der Waals surface area contributed by atoms with Gasteiger partial charge in [0.1, 0.15) is 5.92 Å². The molecule has 106 valence electrons. The molecule has 0 aromatic carbocycles. The molecular formula is C13H25ClN2O2. The SMILES string of the molecule is CCCCNC(=O)C(CCCl)C(=O)NCCCC. The predicted molar refractivity (Wildman–Crippen MR) is 74.7 cm³/mol. The van der Waals surface area contributed by atoms with E-state index in [2.05, 4.69) is 24.5 Å². The molecule has 0 heterocycles. The van der Waals surface area contributed by atoms with Gasteiger partial charge >= 0.3 is 0 Å². The average molecular weight is 277 g/mol. The zero-order chi connectivity index (χ0) is 13.8. The van der Waals surface area contributed by atoms with Gasteiger partial charge in [0, 0.05) is 19.0 Å². The summed E-state index contributed by atoms with van der Waals surface area (Å²) < 4.78 is 0. The largest absolute Gasteiger partial charge is 0.355 e. The number of carbonyl (C=O) groups is 2. The average Bonchev–Trinajstić information content (AvgIpc) is 2.36. The van der Waals surface area contributed by atoms with Crippen molar-refractivity contribution in [2.24, 2.45) is 5.92 Å². The van der Waals surface area contributed by atoms with E-state index in [1.807, 2.05) is 0 Å². The quantitative estimate of drug-likeness (QED) is 0.365. The molecule has 0 fully saturated rings. The lowest BCUT2D eigenvalue weighted by molar-refractivity contribution is -0.135. The third-order valence-corrected chi connectivity index (χ3v) is 2.91. The summed E-state index contributed by atoms with van der Waals surface area (Å²) in [6.07, 6.45) is 4.28. The molecule has 2 N–H and O–H groups in total. The minimum Gasteiger partial charge on any atom is -0.355 e. The topological polar surface area (TPSA) is 58.2 Å². The first-order valence-electron chi connectivity index (χ1n) is 6.78. The van der Waals surface area contributed by atoms with Gasteiger partial charge in [0.25, 0.3) is 0 Å². The Balaban J connectivity index is 4.16. The number of hydrogen-bond donors (Lipinski definition) is 2. The smallest absolute Gasteiger partial charge is 0.232 e. The number of unbranched alkanes of at least 4 members (excludes halogenated alkanes) is 2. The summed E-state index contributed by atoms with van der Waals surface area (Å²) in [5, 5.41) is 5.56. The number of halogens is 1. The van der Waals surface area contributed by atoms with Crippen LogP contribution < -0.4 is 10.6 Å². The van der Waals surface area contributed by atoms with Crippen LogP contribution in [0.2, 0.25) is 0 Å². The fourth-order valence-electron chi connectivity index (χ4n) is 1.51. The summed E-state index contributed by atoms with van der Waals surface area (Å²) in [7, 11) is 0. The fourth-order valence-corrected chi connectivity index (χ4v) is 1.73. The number of amides is 2.